The first-order valence-electron chi connectivity index (χ1n) is 12.0. The van der Waals surface area contributed by atoms with E-state index < -0.39 is 39.2 Å². The molecule has 0 bridgehead atoms. The molecule has 0 spiro atoms. The summed E-state index contributed by atoms with van der Waals surface area (Å²) in [5.41, 5.74) is -1.07. The molecule has 38 heavy (non-hydrogen) atoms. The highest BCUT2D eigenvalue weighted by Gasteiger charge is 2.39. The average molecular weight is 558 g/mol. The van der Waals surface area contributed by atoms with Crippen molar-refractivity contribution in [2.45, 2.75) is 62.5 Å². The van der Waals surface area contributed by atoms with Gasteiger partial charge in [0.25, 0.3) is 5.91 Å². The van der Waals surface area contributed by atoms with Crippen molar-refractivity contribution in [1.29, 1.82) is 5.26 Å². The molecule has 2 aromatic rings. The van der Waals surface area contributed by atoms with E-state index in [-0.39, 0.29) is 61.0 Å². The second-order valence-corrected chi connectivity index (χ2v) is 11.8. The second kappa shape index (κ2) is 11.3. The van der Waals surface area contributed by atoms with E-state index in [4.69, 9.17) is 4.74 Å². The Morgan fingerprint density at radius 1 is 1.37 bits per heavy atom. The lowest BCUT2D eigenvalue weighted by molar-refractivity contribution is -0.134. The first-order chi connectivity index (χ1) is 17.7. The fourth-order valence-electron chi connectivity index (χ4n) is 4.51. The van der Waals surface area contributed by atoms with Crippen molar-refractivity contribution >= 4 is 15.7 Å². The van der Waals surface area contributed by atoms with Crippen LogP contribution in [0.5, 0.6) is 5.75 Å². The molecule has 1 aliphatic carbocycles. The summed E-state index contributed by atoms with van der Waals surface area (Å²) >= 11 is 0. The van der Waals surface area contributed by atoms with Gasteiger partial charge in [0.1, 0.15) is 21.6 Å². The Morgan fingerprint density at radius 2 is 2.03 bits per heavy atom. The van der Waals surface area contributed by atoms with Crippen LogP contribution in [0, 0.1) is 11.3 Å². The number of hydrogen-bond donors (Lipinski definition) is 1. The summed E-state index contributed by atoms with van der Waals surface area (Å²) in [6.07, 6.45) is -0.942. The number of nitrogens with zero attached hydrogens (tertiary/aromatic N) is 5. The normalized spacial score (nSPS) is 20.1. The summed E-state index contributed by atoms with van der Waals surface area (Å²) in [5.74, 6) is -0.568. The lowest BCUT2D eigenvalue weighted by Gasteiger charge is -2.38. The minimum atomic E-state index is -4.33. The van der Waals surface area contributed by atoms with Crippen molar-refractivity contribution in [3.63, 3.8) is 0 Å². The molecule has 2 aromatic heterocycles. The smallest absolute Gasteiger partial charge is 0.389 e. The maximum atomic E-state index is 13.3. The maximum absolute atomic E-state index is 13.3. The van der Waals surface area contributed by atoms with Crippen LogP contribution in [0.1, 0.15) is 60.9 Å². The first kappa shape index (κ1) is 29.4. The molecule has 14 heteroatoms. The first-order valence-corrected chi connectivity index (χ1v) is 13.9. The zero-order valence-electron chi connectivity index (χ0n) is 21.3. The summed E-state index contributed by atoms with van der Waals surface area (Å²) in [7, 11) is -1.91. The summed E-state index contributed by atoms with van der Waals surface area (Å²) in [6.45, 7) is 1.90. The summed E-state index contributed by atoms with van der Waals surface area (Å²) < 4.78 is 68.0. The number of rotatable bonds is 9. The maximum Gasteiger partial charge on any atom is 0.389 e. The lowest BCUT2D eigenvalue weighted by atomic mass is 9.84. The number of aliphatic hydroxyl groups is 1. The number of aromatic nitrogens is 3. The van der Waals surface area contributed by atoms with Gasteiger partial charge in [-0.15, -0.1) is 0 Å². The monoisotopic (exact) mass is 557 g/mol. The van der Waals surface area contributed by atoms with Gasteiger partial charge < -0.3 is 14.7 Å². The third kappa shape index (κ3) is 7.02. The van der Waals surface area contributed by atoms with Crippen LogP contribution in [-0.4, -0.2) is 82.3 Å². The molecule has 0 aromatic carbocycles. The molecule has 1 saturated carbocycles. The zero-order valence-corrected chi connectivity index (χ0v) is 22.1. The zero-order chi connectivity index (χ0) is 28.3. The predicted molar refractivity (Wildman–Crippen MR) is 131 cm³/mol. The van der Waals surface area contributed by atoms with Gasteiger partial charge in [0, 0.05) is 38.2 Å². The Balaban J connectivity index is 1.83. The van der Waals surface area contributed by atoms with Gasteiger partial charge >= 0.3 is 6.18 Å². The molecule has 1 N–H and O–H groups in total. The highest BCUT2D eigenvalue weighted by molar-refractivity contribution is 7.91. The van der Waals surface area contributed by atoms with Crippen molar-refractivity contribution in [3.8, 4) is 17.6 Å². The van der Waals surface area contributed by atoms with Gasteiger partial charge in [-0.3, -0.25) is 9.36 Å². The van der Waals surface area contributed by atoms with Crippen LogP contribution >= 0.6 is 0 Å². The number of ether oxygens (including phenoxy) is 1. The number of nitriles is 1. The Hall–Kier alpha value is -3.18. The van der Waals surface area contributed by atoms with E-state index in [0.29, 0.717) is 12.8 Å². The number of halogens is 3. The molecule has 3 rings (SSSR count). The number of pyridine rings is 1. The molecule has 0 aliphatic heterocycles. The summed E-state index contributed by atoms with van der Waals surface area (Å²) in [6, 6.07) is 3.26. The average Bonchev–Trinajstić information content (AvgIpc) is 3.29. The molecule has 1 fully saturated rings. The van der Waals surface area contributed by atoms with E-state index in [1.165, 1.54) is 41.3 Å². The van der Waals surface area contributed by atoms with E-state index in [9.17, 15) is 36.8 Å². The van der Waals surface area contributed by atoms with Crippen molar-refractivity contribution in [2.75, 3.05) is 26.5 Å². The van der Waals surface area contributed by atoms with E-state index in [1.54, 1.807) is 6.92 Å². The van der Waals surface area contributed by atoms with E-state index in [2.05, 4.69) is 9.97 Å². The second-order valence-electron chi connectivity index (χ2n) is 9.49. The van der Waals surface area contributed by atoms with Crippen LogP contribution in [0.25, 0.3) is 5.82 Å². The molecule has 10 nitrogen and oxygen atoms in total. The third-order valence-electron chi connectivity index (χ3n) is 6.68. The quantitative estimate of drug-likeness (QED) is 0.497. The highest BCUT2D eigenvalue weighted by Crippen LogP contribution is 2.33. The molecule has 0 radical (unpaired) electrons. The molecule has 208 valence electrons. The summed E-state index contributed by atoms with van der Waals surface area (Å²) in [5, 5.41) is 20.2. The molecular formula is C24H30F3N5O5S. The third-order valence-corrected chi connectivity index (χ3v) is 8.37. The number of methoxy groups -OCH3 is 1. The van der Waals surface area contributed by atoms with Crippen LogP contribution < -0.4 is 4.74 Å². The van der Waals surface area contributed by atoms with Gasteiger partial charge in [0.2, 0.25) is 5.82 Å². The Kier molecular flexibility index (Phi) is 8.72. The van der Waals surface area contributed by atoms with Gasteiger partial charge in [-0.25, -0.2) is 18.4 Å². The van der Waals surface area contributed by atoms with Gasteiger partial charge in [-0.05, 0) is 50.7 Å². The van der Waals surface area contributed by atoms with Crippen molar-refractivity contribution in [2.24, 2.45) is 0 Å². The minimum Gasteiger partial charge on any atom is -0.493 e. The molecule has 2 heterocycles. The lowest BCUT2D eigenvalue weighted by Crippen LogP contribution is -2.49. The van der Waals surface area contributed by atoms with Crippen LogP contribution in [0.4, 0.5) is 13.2 Å². The standard InChI is InChI=1S/C24H30F3N5O5S/c1-4-31(15-23(34)8-6-17(7-9-23)38(3,35)36)22(33)18-14-32(20(12-28)30-18)21-19(37-2)11-16(13-29-21)5-10-24(25,26)27/h11,13-14,17,34H,4-10,15H2,1-3H3. The number of amides is 1. The number of sulfone groups is 1. The molecule has 0 atom stereocenters. The Bertz CT molecular complexity index is 1310. The van der Waals surface area contributed by atoms with Crippen LogP contribution in [-0.2, 0) is 16.3 Å². The number of aryl methyl sites for hydroxylation is 1. The van der Waals surface area contributed by atoms with Gasteiger partial charge in [-0.2, -0.15) is 18.4 Å². The largest absolute Gasteiger partial charge is 0.493 e. The number of hydrogen-bond acceptors (Lipinski definition) is 8. The Morgan fingerprint density at radius 3 is 2.55 bits per heavy atom. The van der Waals surface area contributed by atoms with Crippen molar-refractivity contribution in [3.05, 3.63) is 35.5 Å². The number of alkyl halides is 3. The van der Waals surface area contributed by atoms with Gasteiger partial charge in [0.05, 0.1) is 18.0 Å². The van der Waals surface area contributed by atoms with Crippen LogP contribution in [0.3, 0.4) is 0 Å². The fraction of sp³-hybridized carbons (Fsp3) is 0.583. The van der Waals surface area contributed by atoms with Crippen LogP contribution in [0.15, 0.2) is 18.5 Å². The fourth-order valence-corrected chi connectivity index (χ4v) is 5.61. The van der Waals surface area contributed by atoms with E-state index in [0.717, 1.165) is 0 Å². The van der Waals surface area contributed by atoms with Crippen molar-refractivity contribution < 1.29 is 36.2 Å². The molecule has 0 saturated heterocycles. The van der Waals surface area contributed by atoms with Gasteiger partial charge in [-0.1, -0.05) is 0 Å². The van der Waals surface area contributed by atoms with E-state index in [1.807, 2.05) is 6.07 Å². The molecule has 1 amide bonds. The van der Waals surface area contributed by atoms with Gasteiger partial charge in [0.15, 0.2) is 11.6 Å². The van der Waals surface area contributed by atoms with Crippen LogP contribution in [0.2, 0.25) is 0 Å². The van der Waals surface area contributed by atoms with Crippen molar-refractivity contribution in [1.82, 2.24) is 19.4 Å². The predicted octanol–water partition coefficient (Wildman–Crippen LogP) is 2.82. The minimum absolute atomic E-state index is 0.0387. The van der Waals surface area contributed by atoms with E-state index >= 15 is 0 Å². The molecular weight excluding hydrogens is 527 g/mol. The summed E-state index contributed by atoms with van der Waals surface area (Å²) in [4.78, 5) is 22.9. The molecule has 0 unspecified atom stereocenters. The molecule has 1 aliphatic rings. The number of imidazole rings is 1. The number of carbonyl (C=O) groups is 1. The number of carbonyl (C=O) groups excluding carboxylic acids is 1. The SMILES string of the molecule is CCN(CC1(O)CCC(S(C)(=O)=O)CC1)C(=O)c1cn(-c2ncc(CCC(F)(F)F)cc2OC)c(C#N)n1. The number of likely N-dealkylation sites (N-methyl/N-ethyl adjacent to an activating group) is 1. The highest BCUT2D eigenvalue weighted by atomic mass is 32.2. The topological polar surface area (TPSA) is 138 Å². The Labute approximate surface area is 219 Å².